The summed E-state index contributed by atoms with van der Waals surface area (Å²) >= 11 is 0. The maximum absolute atomic E-state index is 12.5. The van der Waals surface area contributed by atoms with Crippen LogP contribution in [-0.2, 0) is 16.6 Å². The van der Waals surface area contributed by atoms with Crippen molar-refractivity contribution in [3.63, 3.8) is 0 Å². The lowest BCUT2D eigenvalue weighted by atomic mass is 10.2. The molecule has 30 heavy (non-hydrogen) atoms. The number of methoxy groups -OCH3 is 1. The maximum atomic E-state index is 12.5. The Kier molecular flexibility index (Phi) is 6.21. The molecular formula is C19H20N4O6S. The Labute approximate surface area is 173 Å². The van der Waals surface area contributed by atoms with Crippen LogP contribution in [0.3, 0.4) is 0 Å². The molecule has 0 unspecified atom stereocenters. The van der Waals surface area contributed by atoms with Gasteiger partial charge in [0.15, 0.2) is 6.61 Å². The molecule has 0 radical (unpaired) electrons. The minimum Gasteiger partial charge on any atom is -0.494 e. The fourth-order valence-corrected chi connectivity index (χ4v) is 3.07. The van der Waals surface area contributed by atoms with Gasteiger partial charge in [-0.1, -0.05) is 5.16 Å². The van der Waals surface area contributed by atoms with E-state index in [2.05, 4.69) is 20.2 Å². The van der Waals surface area contributed by atoms with Crippen LogP contribution in [0.4, 0.5) is 11.4 Å². The standard InChI is InChI=1S/C19H20N4O6S/c1-12-20-18(22-29-12)11-28-15-7-4-13(5-8-15)19(24)21-14-6-9-16(17(10-14)27-2)23-30(3,25)26/h4-10,23H,11H2,1-3H3,(H,21,24). The van der Waals surface area contributed by atoms with Gasteiger partial charge in [-0.2, -0.15) is 4.98 Å². The zero-order valence-electron chi connectivity index (χ0n) is 16.5. The summed E-state index contributed by atoms with van der Waals surface area (Å²) in [6.07, 6.45) is 1.04. The largest absolute Gasteiger partial charge is 0.494 e. The number of ether oxygens (including phenoxy) is 2. The minimum absolute atomic E-state index is 0.149. The highest BCUT2D eigenvalue weighted by Crippen LogP contribution is 2.29. The van der Waals surface area contributed by atoms with Gasteiger partial charge in [0.1, 0.15) is 11.5 Å². The number of carbonyl (C=O) groups is 1. The van der Waals surface area contributed by atoms with Crippen molar-refractivity contribution < 1.29 is 27.2 Å². The third-order valence-corrected chi connectivity index (χ3v) is 4.40. The molecule has 0 spiro atoms. The van der Waals surface area contributed by atoms with Gasteiger partial charge in [0, 0.05) is 24.2 Å². The number of carbonyl (C=O) groups excluding carboxylic acids is 1. The van der Waals surface area contributed by atoms with E-state index in [1.807, 2.05) is 0 Å². The van der Waals surface area contributed by atoms with E-state index in [-0.39, 0.29) is 24.0 Å². The number of aryl methyl sites for hydroxylation is 1. The fraction of sp³-hybridized carbons (Fsp3) is 0.211. The number of benzene rings is 2. The van der Waals surface area contributed by atoms with E-state index in [9.17, 15) is 13.2 Å². The van der Waals surface area contributed by atoms with E-state index in [4.69, 9.17) is 14.0 Å². The lowest BCUT2D eigenvalue weighted by Gasteiger charge is -2.12. The lowest BCUT2D eigenvalue weighted by Crippen LogP contribution is -2.13. The van der Waals surface area contributed by atoms with Gasteiger partial charge in [-0.05, 0) is 36.4 Å². The first-order valence-electron chi connectivity index (χ1n) is 8.73. The summed E-state index contributed by atoms with van der Waals surface area (Å²) < 4.78 is 40.8. The van der Waals surface area contributed by atoms with Crippen LogP contribution in [0.1, 0.15) is 22.1 Å². The van der Waals surface area contributed by atoms with Crippen LogP contribution in [-0.4, -0.2) is 37.8 Å². The van der Waals surface area contributed by atoms with Gasteiger partial charge in [0.25, 0.3) is 5.91 Å². The number of aromatic nitrogens is 2. The third-order valence-electron chi connectivity index (χ3n) is 3.81. The number of hydrogen-bond donors (Lipinski definition) is 2. The third kappa shape index (κ3) is 5.70. The Morgan fingerprint density at radius 2 is 1.90 bits per heavy atom. The zero-order chi connectivity index (χ0) is 21.7. The summed E-state index contributed by atoms with van der Waals surface area (Å²) in [7, 11) is -2.05. The van der Waals surface area contributed by atoms with Crippen LogP contribution >= 0.6 is 0 Å². The smallest absolute Gasteiger partial charge is 0.255 e. The molecular weight excluding hydrogens is 412 g/mol. The first kappa shape index (κ1) is 21.1. The molecule has 0 atom stereocenters. The van der Waals surface area contributed by atoms with Crippen molar-refractivity contribution in [3.8, 4) is 11.5 Å². The minimum atomic E-state index is -3.46. The highest BCUT2D eigenvalue weighted by molar-refractivity contribution is 7.92. The van der Waals surface area contributed by atoms with Gasteiger partial charge >= 0.3 is 0 Å². The number of rotatable bonds is 8. The molecule has 0 bridgehead atoms. The van der Waals surface area contributed by atoms with Crippen molar-refractivity contribution in [2.24, 2.45) is 0 Å². The first-order chi connectivity index (χ1) is 14.2. The van der Waals surface area contributed by atoms with E-state index in [1.165, 1.54) is 19.2 Å². The van der Waals surface area contributed by atoms with E-state index in [0.717, 1.165) is 6.26 Å². The van der Waals surface area contributed by atoms with Crippen molar-refractivity contribution >= 4 is 27.3 Å². The second-order valence-corrected chi connectivity index (χ2v) is 8.03. The second kappa shape index (κ2) is 8.82. The lowest BCUT2D eigenvalue weighted by molar-refractivity contribution is 0.102. The zero-order valence-corrected chi connectivity index (χ0v) is 17.3. The summed E-state index contributed by atoms with van der Waals surface area (Å²) in [6.45, 7) is 1.84. The molecule has 1 heterocycles. The molecule has 3 rings (SSSR count). The van der Waals surface area contributed by atoms with E-state index in [1.54, 1.807) is 37.3 Å². The molecule has 1 aromatic heterocycles. The Morgan fingerprint density at radius 3 is 2.50 bits per heavy atom. The van der Waals surface area contributed by atoms with Crippen LogP contribution in [0, 0.1) is 6.92 Å². The Bertz CT molecular complexity index is 1140. The Morgan fingerprint density at radius 1 is 1.17 bits per heavy atom. The molecule has 3 aromatic rings. The molecule has 158 valence electrons. The molecule has 0 aliphatic carbocycles. The number of amides is 1. The van der Waals surface area contributed by atoms with Crippen LogP contribution in [0.5, 0.6) is 11.5 Å². The summed E-state index contributed by atoms with van der Waals surface area (Å²) in [5, 5.41) is 6.47. The fourth-order valence-electron chi connectivity index (χ4n) is 2.51. The van der Waals surface area contributed by atoms with Crippen molar-refractivity contribution in [1.82, 2.24) is 10.1 Å². The SMILES string of the molecule is COc1cc(NC(=O)c2ccc(OCc3noc(C)n3)cc2)ccc1NS(C)(=O)=O. The van der Waals surface area contributed by atoms with Gasteiger partial charge in [0.05, 0.1) is 19.1 Å². The molecule has 0 aliphatic rings. The average Bonchev–Trinajstić information content (AvgIpc) is 3.12. The van der Waals surface area contributed by atoms with E-state index >= 15 is 0 Å². The Balaban J connectivity index is 1.64. The number of nitrogens with zero attached hydrogens (tertiary/aromatic N) is 2. The van der Waals surface area contributed by atoms with Crippen LogP contribution in [0.15, 0.2) is 47.0 Å². The van der Waals surface area contributed by atoms with Gasteiger partial charge in [0.2, 0.25) is 21.7 Å². The van der Waals surface area contributed by atoms with Gasteiger partial charge in [-0.3, -0.25) is 9.52 Å². The van der Waals surface area contributed by atoms with Crippen LogP contribution < -0.4 is 19.5 Å². The topological polar surface area (TPSA) is 133 Å². The van der Waals surface area contributed by atoms with Gasteiger partial charge in [-0.25, -0.2) is 8.42 Å². The summed E-state index contributed by atoms with van der Waals surface area (Å²) in [5.41, 5.74) is 1.13. The van der Waals surface area contributed by atoms with Crippen molar-refractivity contribution in [3.05, 3.63) is 59.7 Å². The first-order valence-corrected chi connectivity index (χ1v) is 10.6. The number of sulfonamides is 1. The summed E-state index contributed by atoms with van der Waals surface area (Å²) in [6, 6.07) is 11.1. The molecule has 0 fully saturated rings. The van der Waals surface area contributed by atoms with Crippen molar-refractivity contribution in [1.29, 1.82) is 0 Å². The highest BCUT2D eigenvalue weighted by Gasteiger charge is 2.12. The molecule has 11 heteroatoms. The van der Waals surface area contributed by atoms with Crippen LogP contribution in [0.2, 0.25) is 0 Å². The van der Waals surface area contributed by atoms with Crippen molar-refractivity contribution in [2.45, 2.75) is 13.5 Å². The van der Waals surface area contributed by atoms with Crippen LogP contribution in [0.25, 0.3) is 0 Å². The predicted octanol–water partition coefficient (Wildman–Crippen LogP) is 2.59. The van der Waals surface area contributed by atoms with Crippen molar-refractivity contribution in [2.75, 3.05) is 23.4 Å². The molecule has 10 nitrogen and oxygen atoms in total. The molecule has 0 aliphatic heterocycles. The maximum Gasteiger partial charge on any atom is 0.255 e. The summed E-state index contributed by atoms with van der Waals surface area (Å²) in [4.78, 5) is 16.5. The molecule has 2 N–H and O–H groups in total. The van der Waals surface area contributed by atoms with Gasteiger partial charge < -0.3 is 19.3 Å². The van der Waals surface area contributed by atoms with Gasteiger partial charge in [-0.15, -0.1) is 0 Å². The molecule has 0 saturated heterocycles. The number of nitrogens with one attached hydrogen (secondary N) is 2. The molecule has 1 amide bonds. The average molecular weight is 432 g/mol. The Hall–Kier alpha value is -3.60. The normalized spacial score (nSPS) is 11.0. The number of hydrogen-bond acceptors (Lipinski definition) is 8. The molecule has 2 aromatic carbocycles. The predicted molar refractivity (Wildman–Crippen MR) is 109 cm³/mol. The van der Waals surface area contributed by atoms with E-state index < -0.39 is 10.0 Å². The molecule has 0 saturated carbocycles. The monoisotopic (exact) mass is 432 g/mol. The summed E-state index contributed by atoms with van der Waals surface area (Å²) in [5.74, 6) is 1.36. The number of anilines is 2. The second-order valence-electron chi connectivity index (χ2n) is 6.29. The highest BCUT2D eigenvalue weighted by atomic mass is 32.2. The quantitative estimate of drug-likeness (QED) is 0.555. The van der Waals surface area contributed by atoms with E-state index in [0.29, 0.717) is 28.7 Å².